The van der Waals surface area contributed by atoms with Crippen LogP contribution in [-0.4, -0.2) is 16.3 Å². The molecule has 0 aliphatic heterocycles. The highest BCUT2D eigenvalue weighted by molar-refractivity contribution is 9.09. The molecule has 0 fully saturated rings. The van der Waals surface area contributed by atoms with Crippen LogP contribution in [0, 0.1) is 0 Å². The van der Waals surface area contributed by atoms with Crippen molar-refractivity contribution in [3.05, 3.63) is 17.0 Å². The van der Waals surface area contributed by atoms with Gasteiger partial charge in [0.2, 0.25) is 5.88 Å². The Morgan fingerprint density at radius 1 is 1.75 bits per heavy atom. The van der Waals surface area contributed by atoms with Gasteiger partial charge >= 0.3 is 0 Å². The molecule has 0 spiro atoms. The maximum atomic E-state index is 4.96. The topological polar surface area (TPSA) is 22.1 Å². The third kappa shape index (κ3) is 2.95. The standard InChI is InChI=1S/C8H10BrNOS/c1-6(9)3-4-7-5-8(11-2)10-12-7/h3-6H,1-2H3/b4-3+. The van der Waals surface area contributed by atoms with Gasteiger partial charge in [0.1, 0.15) is 0 Å². The molecule has 66 valence electrons. The Hall–Kier alpha value is -0.350. The minimum atomic E-state index is 0.394. The average Bonchev–Trinajstić information content (AvgIpc) is 2.48. The van der Waals surface area contributed by atoms with Gasteiger partial charge < -0.3 is 4.74 Å². The monoisotopic (exact) mass is 247 g/mol. The highest BCUT2D eigenvalue weighted by Gasteiger charge is 1.97. The van der Waals surface area contributed by atoms with Crippen LogP contribution in [0.5, 0.6) is 5.88 Å². The molecule has 12 heavy (non-hydrogen) atoms. The zero-order chi connectivity index (χ0) is 8.97. The highest BCUT2D eigenvalue weighted by Crippen LogP contribution is 2.18. The predicted octanol–water partition coefficient (Wildman–Crippen LogP) is 2.95. The van der Waals surface area contributed by atoms with E-state index in [1.165, 1.54) is 11.5 Å². The van der Waals surface area contributed by atoms with Crippen LogP contribution >= 0.6 is 27.5 Å². The molecule has 0 radical (unpaired) electrons. The van der Waals surface area contributed by atoms with Crippen LogP contribution in [0.15, 0.2) is 12.1 Å². The molecular formula is C8H10BrNOS. The van der Waals surface area contributed by atoms with Gasteiger partial charge in [-0.05, 0) is 24.5 Å². The Labute approximate surface area is 84.5 Å². The van der Waals surface area contributed by atoms with E-state index in [0.717, 1.165) is 4.88 Å². The number of alkyl halides is 1. The first-order chi connectivity index (χ1) is 5.72. The van der Waals surface area contributed by atoms with Gasteiger partial charge in [0.05, 0.1) is 12.0 Å². The second-order valence-electron chi connectivity index (χ2n) is 2.31. The quantitative estimate of drug-likeness (QED) is 0.767. The molecule has 1 unspecified atom stereocenters. The summed E-state index contributed by atoms with van der Waals surface area (Å²) in [6.45, 7) is 2.06. The molecular weight excluding hydrogens is 238 g/mol. The molecule has 1 aromatic rings. The lowest BCUT2D eigenvalue weighted by Gasteiger charge is -1.88. The summed E-state index contributed by atoms with van der Waals surface area (Å²) in [5.41, 5.74) is 0. The van der Waals surface area contributed by atoms with Crippen LogP contribution < -0.4 is 4.74 Å². The number of rotatable bonds is 3. The largest absolute Gasteiger partial charge is 0.480 e. The lowest BCUT2D eigenvalue weighted by Crippen LogP contribution is -1.79. The van der Waals surface area contributed by atoms with Gasteiger partial charge in [-0.2, -0.15) is 4.37 Å². The Morgan fingerprint density at radius 3 is 3.00 bits per heavy atom. The zero-order valence-electron chi connectivity index (χ0n) is 6.95. The van der Waals surface area contributed by atoms with Crippen molar-refractivity contribution in [3.8, 4) is 5.88 Å². The first-order valence-corrected chi connectivity index (χ1v) is 5.24. The van der Waals surface area contributed by atoms with Crippen molar-refractivity contribution in [2.45, 2.75) is 11.8 Å². The third-order valence-electron chi connectivity index (χ3n) is 1.24. The molecule has 0 N–H and O–H groups in total. The molecule has 0 saturated carbocycles. The summed E-state index contributed by atoms with van der Waals surface area (Å²) < 4.78 is 9.02. The van der Waals surface area contributed by atoms with E-state index in [0.29, 0.717) is 10.7 Å². The molecule has 1 aromatic heterocycles. The number of allylic oxidation sites excluding steroid dienone is 1. The molecule has 0 aliphatic carbocycles. The van der Waals surface area contributed by atoms with Gasteiger partial charge in [-0.25, -0.2) is 0 Å². The van der Waals surface area contributed by atoms with Crippen molar-refractivity contribution in [3.63, 3.8) is 0 Å². The van der Waals surface area contributed by atoms with E-state index >= 15 is 0 Å². The van der Waals surface area contributed by atoms with E-state index in [4.69, 9.17) is 4.74 Å². The minimum Gasteiger partial charge on any atom is -0.480 e. The molecule has 1 atom stereocenters. The van der Waals surface area contributed by atoms with Gasteiger partial charge in [0.15, 0.2) is 0 Å². The summed E-state index contributed by atoms with van der Waals surface area (Å²) in [4.78, 5) is 1.50. The smallest absolute Gasteiger partial charge is 0.225 e. The van der Waals surface area contributed by atoms with Crippen molar-refractivity contribution in [1.82, 2.24) is 4.37 Å². The fraction of sp³-hybridized carbons (Fsp3) is 0.375. The second kappa shape index (κ2) is 4.62. The number of nitrogens with zero attached hydrogens (tertiary/aromatic N) is 1. The predicted molar refractivity (Wildman–Crippen MR) is 56.1 cm³/mol. The maximum absolute atomic E-state index is 4.96. The van der Waals surface area contributed by atoms with Gasteiger partial charge in [-0.3, -0.25) is 0 Å². The fourth-order valence-electron chi connectivity index (χ4n) is 0.674. The van der Waals surface area contributed by atoms with Crippen LogP contribution in [-0.2, 0) is 0 Å². The van der Waals surface area contributed by atoms with E-state index in [-0.39, 0.29) is 0 Å². The van der Waals surface area contributed by atoms with Gasteiger partial charge in [0, 0.05) is 10.9 Å². The lowest BCUT2D eigenvalue weighted by molar-refractivity contribution is 0.402. The van der Waals surface area contributed by atoms with E-state index in [1.807, 2.05) is 12.1 Å². The average molecular weight is 248 g/mol. The van der Waals surface area contributed by atoms with Gasteiger partial charge in [-0.15, -0.1) is 0 Å². The number of halogens is 1. The van der Waals surface area contributed by atoms with Crippen LogP contribution in [0.3, 0.4) is 0 Å². The molecule has 1 rings (SSSR count). The first-order valence-electron chi connectivity index (χ1n) is 3.55. The molecule has 4 heteroatoms. The van der Waals surface area contributed by atoms with Crippen LogP contribution in [0.1, 0.15) is 11.8 Å². The lowest BCUT2D eigenvalue weighted by atomic mass is 10.4. The Morgan fingerprint density at radius 2 is 2.50 bits per heavy atom. The van der Waals surface area contributed by atoms with Crippen molar-refractivity contribution < 1.29 is 4.74 Å². The van der Waals surface area contributed by atoms with Crippen LogP contribution in [0.25, 0.3) is 6.08 Å². The fourth-order valence-corrected chi connectivity index (χ4v) is 1.44. The van der Waals surface area contributed by atoms with Crippen molar-refractivity contribution >= 4 is 33.5 Å². The van der Waals surface area contributed by atoms with E-state index in [2.05, 4.69) is 33.3 Å². The summed E-state index contributed by atoms with van der Waals surface area (Å²) in [6, 6.07) is 1.91. The van der Waals surface area contributed by atoms with Gasteiger partial charge in [-0.1, -0.05) is 22.0 Å². The van der Waals surface area contributed by atoms with E-state index in [1.54, 1.807) is 7.11 Å². The summed E-state index contributed by atoms with van der Waals surface area (Å²) in [7, 11) is 1.62. The molecule has 0 aliphatic rings. The molecule has 0 bridgehead atoms. The van der Waals surface area contributed by atoms with Crippen LogP contribution in [0.2, 0.25) is 0 Å². The Kier molecular flexibility index (Phi) is 3.75. The Bertz CT molecular complexity index is 270. The number of ether oxygens (including phenoxy) is 1. The first kappa shape index (κ1) is 9.74. The van der Waals surface area contributed by atoms with E-state index in [9.17, 15) is 0 Å². The van der Waals surface area contributed by atoms with Crippen molar-refractivity contribution in [2.75, 3.05) is 7.11 Å². The highest BCUT2D eigenvalue weighted by atomic mass is 79.9. The second-order valence-corrected chi connectivity index (χ2v) is 4.59. The summed E-state index contributed by atoms with van der Waals surface area (Å²) in [5, 5.41) is 0. The van der Waals surface area contributed by atoms with Gasteiger partial charge in [0.25, 0.3) is 0 Å². The Balaban J connectivity index is 2.63. The maximum Gasteiger partial charge on any atom is 0.225 e. The van der Waals surface area contributed by atoms with Crippen LogP contribution in [0.4, 0.5) is 0 Å². The third-order valence-corrected chi connectivity index (χ3v) is 2.28. The number of methoxy groups -OCH3 is 1. The summed E-state index contributed by atoms with van der Waals surface area (Å²) >= 11 is 4.86. The zero-order valence-corrected chi connectivity index (χ0v) is 9.35. The minimum absolute atomic E-state index is 0.394. The number of aromatic nitrogens is 1. The SMILES string of the molecule is COc1cc(/C=C/C(C)Br)sn1. The molecule has 2 nitrogen and oxygen atoms in total. The molecule has 0 amide bonds. The van der Waals surface area contributed by atoms with Crippen molar-refractivity contribution in [2.24, 2.45) is 0 Å². The van der Waals surface area contributed by atoms with E-state index < -0.39 is 0 Å². The summed E-state index contributed by atoms with van der Waals surface area (Å²) in [5.74, 6) is 0.682. The summed E-state index contributed by atoms with van der Waals surface area (Å²) in [6.07, 6.45) is 4.09. The molecule has 1 heterocycles. The normalized spacial score (nSPS) is 13.6. The van der Waals surface area contributed by atoms with Crippen molar-refractivity contribution in [1.29, 1.82) is 0 Å². The number of hydrogen-bond acceptors (Lipinski definition) is 3. The molecule has 0 aromatic carbocycles. The number of hydrogen-bond donors (Lipinski definition) is 0. The molecule has 0 saturated heterocycles.